The molecule has 1 saturated heterocycles. The molecule has 1 aliphatic heterocycles. The predicted octanol–water partition coefficient (Wildman–Crippen LogP) is 2.71. The van der Waals surface area contributed by atoms with Gasteiger partial charge in [-0.2, -0.15) is 0 Å². The smallest absolute Gasteiger partial charge is 0.323 e. The molecule has 0 bridgehead atoms. The Kier molecular flexibility index (Phi) is 7.96. The van der Waals surface area contributed by atoms with Crippen LogP contribution < -0.4 is 0 Å². The van der Waals surface area contributed by atoms with Crippen molar-refractivity contribution in [2.24, 2.45) is 5.92 Å². The third-order valence-corrected chi connectivity index (χ3v) is 5.34. The van der Waals surface area contributed by atoms with Gasteiger partial charge in [0.15, 0.2) is 0 Å². The van der Waals surface area contributed by atoms with Gasteiger partial charge in [0.25, 0.3) is 0 Å². The van der Waals surface area contributed by atoms with Crippen molar-refractivity contribution >= 4 is 17.8 Å². The van der Waals surface area contributed by atoms with Crippen molar-refractivity contribution in [3.8, 4) is 0 Å². The van der Waals surface area contributed by atoms with E-state index in [9.17, 15) is 18.8 Å². The number of rotatable bonds is 7. The molecule has 1 N–H and O–H groups in total. The molecule has 28 heavy (non-hydrogen) atoms. The van der Waals surface area contributed by atoms with Gasteiger partial charge in [-0.1, -0.05) is 19.1 Å². The SMILES string of the molecule is CC(=O)N(CC(=O)O)C1CCCN(C(=O)C(C)CCc2cccc(F)c2)CC1. The Morgan fingerprint density at radius 1 is 1.29 bits per heavy atom. The average molecular weight is 392 g/mol. The minimum absolute atomic E-state index is 0.0599. The number of hydrogen-bond acceptors (Lipinski definition) is 3. The summed E-state index contributed by atoms with van der Waals surface area (Å²) in [4.78, 5) is 38.9. The highest BCUT2D eigenvalue weighted by Crippen LogP contribution is 2.20. The van der Waals surface area contributed by atoms with Gasteiger partial charge in [0, 0.05) is 32.0 Å². The summed E-state index contributed by atoms with van der Waals surface area (Å²) in [5.74, 6) is -1.67. The molecule has 6 nitrogen and oxygen atoms in total. The molecule has 2 unspecified atom stereocenters. The van der Waals surface area contributed by atoms with Crippen LogP contribution in [-0.4, -0.2) is 58.4 Å². The van der Waals surface area contributed by atoms with Gasteiger partial charge in [0.1, 0.15) is 12.4 Å². The van der Waals surface area contributed by atoms with E-state index in [0.29, 0.717) is 38.8 Å². The molecule has 1 fully saturated rings. The van der Waals surface area contributed by atoms with E-state index in [1.807, 2.05) is 17.9 Å². The van der Waals surface area contributed by atoms with Crippen LogP contribution in [0.25, 0.3) is 0 Å². The summed E-state index contributed by atoms with van der Waals surface area (Å²) in [6.45, 7) is 4.08. The van der Waals surface area contributed by atoms with Crippen LogP contribution in [0.4, 0.5) is 4.39 Å². The van der Waals surface area contributed by atoms with Gasteiger partial charge in [-0.05, 0) is 49.8 Å². The highest BCUT2D eigenvalue weighted by Gasteiger charge is 2.28. The van der Waals surface area contributed by atoms with Gasteiger partial charge in [-0.3, -0.25) is 14.4 Å². The molecular formula is C21H29FN2O4. The number of aliphatic carboxylic acids is 1. The summed E-state index contributed by atoms with van der Waals surface area (Å²) in [5.41, 5.74) is 0.876. The summed E-state index contributed by atoms with van der Waals surface area (Å²) in [6.07, 6.45) is 3.28. The van der Waals surface area contributed by atoms with Crippen LogP contribution in [0, 0.1) is 11.7 Å². The monoisotopic (exact) mass is 392 g/mol. The molecule has 1 aliphatic rings. The predicted molar refractivity (Wildman–Crippen MR) is 103 cm³/mol. The minimum Gasteiger partial charge on any atom is -0.480 e. The first-order valence-corrected chi connectivity index (χ1v) is 9.80. The largest absolute Gasteiger partial charge is 0.480 e. The van der Waals surface area contributed by atoms with Crippen LogP contribution in [0.15, 0.2) is 24.3 Å². The summed E-state index contributed by atoms with van der Waals surface area (Å²) in [5, 5.41) is 9.04. The zero-order chi connectivity index (χ0) is 20.7. The second kappa shape index (κ2) is 10.2. The van der Waals surface area contributed by atoms with Gasteiger partial charge in [0.2, 0.25) is 11.8 Å². The van der Waals surface area contributed by atoms with Gasteiger partial charge in [-0.15, -0.1) is 0 Å². The number of carboxylic acids is 1. The van der Waals surface area contributed by atoms with Crippen LogP contribution in [0.3, 0.4) is 0 Å². The van der Waals surface area contributed by atoms with Crippen LogP contribution in [0.5, 0.6) is 0 Å². The summed E-state index contributed by atoms with van der Waals surface area (Å²) in [6, 6.07) is 6.26. The first-order chi connectivity index (χ1) is 13.3. The number of amides is 2. The van der Waals surface area contributed by atoms with Gasteiger partial charge in [-0.25, -0.2) is 4.39 Å². The Labute approximate surface area is 165 Å². The summed E-state index contributed by atoms with van der Waals surface area (Å²) < 4.78 is 13.3. The molecule has 0 aliphatic carbocycles. The number of carboxylic acid groups (broad SMARTS) is 1. The van der Waals surface area contributed by atoms with Gasteiger partial charge >= 0.3 is 5.97 Å². The molecule has 2 amide bonds. The number of carbonyl (C=O) groups excluding carboxylic acids is 2. The van der Waals surface area contributed by atoms with Gasteiger partial charge in [0.05, 0.1) is 0 Å². The maximum Gasteiger partial charge on any atom is 0.323 e. The van der Waals surface area contributed by atoms with E-state index in [-0.39, 0.29) is 36.1 Å². The number of halogens is 1. The zero-order valence-corrected chi connectivity index (χ0v) is 16.6. The molecule has 2 rings (SSSR count). The molecule has 1 aromatic rings. The highest BCUT2D eigenvalue weighted by atomic mass is 19.1. The maximum absolute atomic E-state index is 13.3. The molecule has 2 atom stereocenters. The minimum atomic E-state index is -1.03. The lowest BCUT2D eigenvalue weighted by molar-refractivity contribution is -0.145. The molecule has 7 heteroatoms. The third kappa shape index (κ3) is 6.32. The number of likely N-dealkylation sites (tertiary alicyclic amines) is 1. The lowest BCUT2D eigenvalue weighted by atomic mass is 9.99. The number of hydrogen-bond donors (Lipinski definition) is 1. The number of carbonyl (C=O) groups is 3. The zero-order valence-electron chi connectivity index (χ0n) is 16.6. The fourth-order valence-corrected chi connectivity index (χ4v) is 3.76. The van der Waals surface area contributed by atoms with Crippen LogP contribution in [0.2, 0.25) is 0 Å². The standard InChI is InChI=1S/C21H29FN2O4/c1-15(8-9-17-5-3-6-18(22)13-17)21(28)23-11-4-7-19(10-12-23)24(16(2)25)14-20(26)27/h3,5-6,13,15,19H,4,7-12,14H2,1-2H3,(H,26,27). The van der Waals surface area contributed by atoms with E-state index in [1.54, 1.807) is 6.07 Å². The number of nitrogens with zero attached hydrogens (tertiary/aromatic N) is 2. The molecule has 1 aromatic carbocycles. The van der Waals surface area contributed by atoms with Crippen molar-refractivity contribution in [2.45, 2.75) is 52.0 Å². The van der Waals surface area contributed by atoms with Crippen LogP contribution >= 0.6 is 0 Å². The van der Waals surface area contributed by atoms with Crippen molar-refractivity contribution in [1.82, 2.24) is 9.80 Å². The van der Waals surface area contributed by atoms with E-state index >= 15 is 0 Å². The Morgan fingerprint density at radius 2 is 2.04 bits per heavy atom. The van der Waals surface area contributed by atoms with Gasteiger partial charge < -0.3 is 14.9 Å². The number of aryl methyl sites for hydroxylation is 1. The summed E-state index contributed by atoms with van der Waals surface area (Å²) in [7, 11) is 0. The lowest BCUT2D eigenvalue weighted by Crippen LogP contribution is -2.43. The Balaban J connectivity index is 1.90. The fraction of sp³-hybridized carbons (Fsp3) is 0.571. The molecule has 1 heterocycles. The van der Waals surface area contributed by atoms with E-state index in [2.05, 4.69) is 0 Å². The third-order valence-electron chi connectivity index (χ3n) is 5.34. The Morgan fingerprint density at radius 3 is 2.68 bits per heavy atom. The van der Waals surface area contributed by atoms with Crippen molar-refractivity contribution in [1.29, 1.82) is 0 Å². The van der Waals surface area contributed by atoms with E-state index in [4.69, 9.17) is 5.11 Å². The number of benzene rings is 1. The molecule has 0 radical (unpaired) electrons. The Hall–Kier alpha value is -2.44. The molecule has 0 aromatic heterocycles. The lowest BCUT2D eigenvalue weighted by Gasteiger charge is -2.29. The fourth-order valence-electron chi connectivity index (χ4n) is 3.76. The Bertz CT molecular complexity index is 709. The quantitative estimate of drug-likeness (QED) is 0.774. The normalized spacial score (nSPS) is 18.2. The van der Waals surface area contributed by atoms with Crippen LogP contribution in [0.1, 0.15) is 45.1 Å². The molecule has 0 saturated carbocycles. The van der Waals surface area contributed by atoms with E-state index in [1.165, 1.54) is 24.0 Å². The van der Waals surface area contributed by atoms with Crippen molar-refractivity contribution in [3.05, 3.63) is 35.6 Å². The summed E-state index contributed by atoms with van der Waals surface area (Å²) >= 11 is 0. The second-order valence-electron chi connectivity index (χ2n) is 7.52. The van der Waals surface area contributed by atoms with E-state index < -0.39 is 5.97 Å². The molecule has 154 valence electrons. The topological polar surface area (TPSA) is 77.9 Å². The van der Waals surface area contributed by atoms with Crippen molar-refractivity contribution in [3.63, 3.8) is 0 Å². The van der Waals surface area contributed by atoms with Crippen molar-refractivity contribution in [2.75, 3.05) is 19.6 Å². The average Bonchev–Trinajstić information content (AvgIpc) is 2.89. The molecular weight excluding hydrogens is 363 g/mol. The maximum atomic E-state index is 13.3. The first-order valence-electron chi connectivity index (χ1n) is 9.80. The van der Waals surface area contributed by atoms with Crippen molar-refractivity contribution < 1.29 is 23.9 Å². The molecule has 0 spiro atoms. The highest BCUT2D eigenvalue weighted by molar-refractivity contribution is 5.80. The van der Waals surface area contributed by atoms with E-state index in [0.717, 1.165) is 12.0 Å². The van der Waals surface area contributed by atoms with Crippen LogP contribution in [-0.2, 0) is 20.8 Å². The second-order valence-corrected chi connectivity index (χ2v) is 7.52. The first kappa shape index (κ1) is 21.9.